The van der Waals surface area contributed by atoms with Crippen LogP contribution in [-0.4, -0.2) is 58.5 Å². The first kappa shape index (κ1) is 19.4. The Balaban J connectivity index is 1.46. The molecular weight excluding hydrogens is 394 g/mol. The largest absolute Gasteiger partial charge is 0.335 e. The first-order valence-corrected chi connectivity index (χ1v) is 12.3. The van der Waals surface area contributed by atoms with Gasteiger partial charge in [0.05, 0.1) is 23.0 Å². The highest BCUT2D eigenvalue weighted by molar-refractivity contribution is 7.99. The van der Waals surface area contributed by atoms with Gasteiger partial charge in [-0.15, -0.1) is 0 Å². The summed E-state index contributed by atoms with van der Waals surface area (Å²) in [6.07, 6.45) is 2.48. The number of carbonyl (C=O) groups is 1. The Morgan fingerprint density at radius 3 is 2.54 bits per heavy atom. The molecule has 0 bridgehead atoms. The van der Waals surface area contributed by atoms with Crippen molar-refractivity contribution in [3.63, 3.8) is 0 Å². The van der Waals surface area contributed by atoms with E-state index in [1.807, 2.05) is 48.2 Å². The fourth-order valence-corrected chi connectivity index (χ4v) is 6.10. The summed E-state index contributed by atoms with van der Waals surface area (Å²) < 4.78 is 23.7. The van der Waals surface area contributed by atoms with Gasteiger partial charge in [-0.2, -0.15) is 0 Å². The van der Waals surface area contributed by atoms with E-state index in [0.717, 1.165) is 29.8 Å². The minimum Gasteiger partial charge on any atom is -0.335 e. The Labute approximate surface area is 169 Å². The summed E-state index contributed by atoms with van der Waals surface area (Å²) in [7, 11) is -3.01. The van der Waals surface area contributed by atoms with E-state index in [4.69, 9.17) is 0 Å². The van der Waals surface area contributed by atoms with Crippen LogP contribution in [0, 0.1) is 6.92 Å². The second kappa shape index (κ2) is 7.83. The minimum atomic E-state index is -3.01. The van der Waals surface area contributed by atoms with Crippen LogP contribution in [0.1, 0.15) is 25.0 Å². The smallest absolute Gasteiger partial charge is 0.233 e. The average molecular weight is 418 g/mol. The van der Waals surface area contributed by atoms with E-state index in [9.17, 15) is 13.2 Å². The lowest BCUT2D eigenvalue weighted by Gasteiger charge is -2.28. The second-order valence-electron chi connectivity index (χ2n) is 7.42. The Kier molecular flexibility index (Phi) is 5.42. The van der Waals surface area contributed by atoms with Crippen molar-refractivity contribution in [2.75, 3.05) is 17.3 Å². The van der Waals surface area contributed by atoms with Crippen LogP contribution in [0.3, 0.4) is 0 Å². The first-order chi connectivity index (χ1) is 13.4. The minimum absolute atomic E-state index is 0.0130. The molecule has 2 aromatic rings. The molecule has 1 saturated heterocycles. The molecule has 1 aromatic carbocycles. The Morgan fingerprint density at radius 1 is 1.14 bits per heavy atom. The molecule has 4 rings (SSSR count). The van der Waals surface area contributed by atoms with E-state index in [0.29, 0.717) is 11.6 Å². The summed E-state index contributed by atoms with van der Waals surface area (Å²) >= 11 is 1.32. The number of nitrogens with zero attached hydrogens (tertiary/aromatic N) is 3. The topological polar surface area (TPSA) is 80.2 Å². The number of amides is 1. The SMILES string of the molecule is Cc1cc(-c2ccccc2)nc(SCC(=O)N(C2CC2)[C@H]2CCS(=O)(=O)C2)n1. The molecule has 1 amide bonds. The molecular formula is C20H23N3O3S2. The standard InChI is InChI=1S/C20H23N3O3S2/c1-14-11-18(15-5-3-2-4-6-15)22-20(21-14)27-12-19(24)23(16-7-8-16)17-9-10-28(25,26)13-17/h2-6,11,16-17H,7-10,12-13H2,1H3/t17-/m0/s1. The van der Waals surface area contributed by atoms with Crippen LogP contribution >= 0.6 is 11.8 Å². The molecule has 0 unspecified atom stereocenters. The summed E-state index contributed by atoms with van der Waals surface area (Å²) in [5, 5.41) is 0.571. The van der Waals surface area contributed by atoms with Crippen LogP contribution < -0.4 is 0 Å². The molecule has 2 aliphatic rings. The number of carbonyl (C=O) groups excluding carboxylic acids is 1. The molecule has 2 heterocycles. The lowest BCUT2D eigenvalue weighted by molar-refractivity contribution is -0.130. The molecule has 0 radical (unpaired) electrons. The van der Waals surface area contributed by atoms with Gasteiger partial charge in [-0.05, 0) is 32.3 Å². The van der Waals surface area contributed by atoms with Crippen LogP contribution in [0.15, 0.2) is 41.6 Å². The molecule has 0 spiro atoms. The molecule has 148 valence electrons. The molecule has 6 nitrogen and oxygen atoms in total. The lowest BCUT2D eigenvalue weighted by atomic mass is 10.1. The van der Waals surface area contributed by atoms with Gasteiger partial charge in [0, 0.05) is 23.3 Å². The number of rotatable bonds is 6. The molecule has 1 aromatic heterocycles. The normalized spacial score (nSPS) is 20.8. The van der Waals surface area contributed by atoms with E-state index in [-0.39, 0.29) is 35.2 Å². The molecule has 1 aliphatic carbocycles. The summed E-state index contributed by atoms with van der Waals surface area (Å²) in [5.41, 5.74) is 2.70. The van der Waals surface area contributed by atoms with Gasteiger partial charge >= 0.3 is 0 Å². The number of aryl methyl sites for hydroxylation is 1. The zero-order valence-electron chi connectivity index (χ0n) is 15.7. The fraction of sp³-hybridized carbons (Fsp3) is 0.450. The number of hydrogen-bond donors (Lipinski definition) is 0. The summed E-state index contributed by atoms with van der Waals surface area (Å²) in [6, 6.07) is 11.8. The predicted molar refractivity (Wildman–Crippen MR) is 110 cm³/mol. The number of aromatic nitrogens is 2. The molecule has 8 heteroatoms. The van der Waals surface area contributed by atoms with Crippen LogP contribution in [-0.2, 0) is 14.6 Å². The van der Waals surface area contributed by atoms with Crippen molar-refractivity contribution in [1.82, 2.24) is 14.9 Å². The Morgan fingerprint density at radius 2 is 1.89 bits per heavy atom. The summed E-state index contributed by atoms with van der Waals surface area (Å²) in [4.78, 5) is 23.8. The molecule has 2 fully saturated rings. The van der Waals surface area contributed by atoms with E-state index in [2.05, 4.69) is 9.97 Å². The van der Waals surface area contributed by atoms with Crippen molar-refractivity contribution in [2.45, 2.75) is 43.4 Å². The Hall–Kier alpha value is -1.93. The van der Waals surface area contributed by atoms with Crippen molar-refractivity contribution in [3.05, 3.63) is 42.1 Å². The maximum absolute atomic E-state index is 12.9. The zero-order valence-corrected chi connectivity index (χ0v) is 17.4. The monoisotopic (exact) mass is 417 g/mol. The van der Waals surface area contributed by atoms with Gasteiger partial charge in [-0.1, -0.05) is 42.1 Å². The molecule has 1 aliphatic heterocycles. The lowest BCUT2D eigenvalue weighted by Crippen LogP contribution is -2.43. The van der Waals surface area contributed by atoms with Crippen molar-refractivity contribution in [2.24, 2.45) is 0 Å². The maximum Gasteiger partial charge on any atom is 0.233 e. The van der Waals surface area contributed by atoms with E-state index < -0.39 is 9.84 Å². The number of sulfone groups is 1. The van der Waals surface area contributed by atoms with Crippen LogP contribution in [0.2, 0.25) is 0 Å². The molecule has 1 saturated carbocycles. The average Bonchev–Trinajstić information content (AvgIpc) is 3.43. The van der Waals surface area contributed by atoms with Gasteiger partial charge in [0.15, 0.2) is 15.0 Å². The molecule has 0 N–H and O–H groups in total. The third-order valence-corrected chi connectivity index (χ3v) is 7.64. The highest BCUT2D eigenvalue weighted by atomic mass is 32.2. The third kappa shape index (κ3) is 4.55. The van der Waals surface area contributed by atoms with Gasteiger partial charge < -0.3 is 4.90 Å². The fourth-order valence-electron chi connectivity index (χ4n) is 3.62. The Bertz CT molecular complexity index is 975. The van der Waals surface area contributed by atoms with Crippen molar-refractivity contribution < 1.29 is 13.2 Å². The van der Waals surface area contributed by atoms with E-state index >= 15 is 0 Å². The van der Waals surface area contributed by atoms with Gasteiger partial charge in [-0.3, -0.25) is 4.79 Å². The third-order valence-electron chi connectivity index (χ3n) is 5.06. The van der Waals surface area contributed by atoms with Crippen LogP contribution in [0.25, 0.3) is 11.3 Å². The highest BCUT2D eigenvalue weighted by Gasteiger charge is 2.41. The molecule has 28 heavy (non-hydrogen) atoms. The van der Waals surface area contributed by atoms with Crippen LogP contribution in [0.5, 0.6) is 0 Å². The number of hydrogen-bond acceptors (Lipinski definition) is 6. The quantitative estimate of drug-likeness (QED) is 0.531. The number of thioether (sulfide) groups is 1. The highest BCUT2D eigenvalue weighted by Crippen LogP contribution is 2.33. The summed E-state index contributed by atoms with van der Waals surface area (Å²) in [5.74, 6) is 0.493. The van der Waals surface area contributed by atoms with Gasteiger partial charge in [0.2, 0.25) is 5.91 Å². The maximum atomic E-state index is 12.9. The van der Waals surface area contributed by atoms with E-state index in [1.165, 1.54) is 11.8 Å². The van der Waals surface area contributed by atoms with Crippen molar-refractivity contribution in [3.8, 4) is 11.3 Å². The van der Waals surface area contributed by atoms with Crippen LogP contribution in [0.4, 0.5) is 0 Å². The predicted octanol–water partition coefficient (Wildman–Crippen LogP) is 2.72. The van der Waals surface area contributed by atoms with Crippen molar-refractivity contribution in [1.29, 1.82) is 0 Å². The number of benzene rings is 1. The second-order valence-corrected chi connectivity index (χ2v) is 10.6. The van der Waals surface area contributed by atoms with Gasteiger partial charge in [-0.25, -0.2) is 18.4 Å². The van der Waals surface area contributed by atoms with Gasteiger partial charge in [0.25, 0.3) is 0 Å². The van der Waals surface area contributed by atoms with Gasteiger partial charge in [0.1, 0.15) is 0 Å². The van der Waals surface area contributed by atoms with Crippen molar-refractivity contribution >= 4 is 27.5 Å². The molecule has 1 atom stereocenters. The zero-order chi connectivity index (χ0) is 19.7. The summed E-state index contributed by atoms with van der Waals surface area (Å²) in [6.45, 7) is 1.92. The first-order valence-electron chi connectivity index (χ1n) is 9.47. The van der Waals surface area contributed by atoms with E-state index in [1.54, 1.807) is 0 Å².